The summed E-state index contributed by atoms with van der Waals surface area (Å²) in [6, 6.07) is 17.6. The van der Waals surface area contributed by atoms with Crippen molar-refractivity contribution in [3.05, 3.63) is 83.1 Å². The van der Waals surface area contributed by atoms with Gasteiger partial charge in [-0.25, -0.2) is 0 Å². The zero-order valence-electron chi connectivity index (χ0n) is 19.9. The fourth-order valence-corrected chi connectivity index (χ4v) is 5.21. The van der Waals surface area contributed by atoms with Crippen molar-refractivity contribution < 1.29 is 18.8 Å². The molecule has 1 fully saturated rings. The van der Waals surface area contributed by atoms with Gasteiger partial charge in [0.25, 0.3) is 0 Å². The van der Waals surface area contributed by atoms with E-state index in [4.69, 9.17) is 4.42 Å². The molecular weight excluding hydrogens is 464 g/mol. The first-order valence-corrected chi connectivity index (χ1v) is 12.4. The van der Waals surface area contributed by atoms with Crippen molar-refractivity contribution in [2.45, 2.75) is 44.0 Å². The molecule has 0 radical (unpaired) electrons. The number of aryl methyl sites for hydroxylation is 1. The van der Waals surface area contributed by atoms with Crippen LogP contribution in [0.15, 0.2) is 59.0 Å². The normalized spacial score (nSPS) is 18.2. The third kappa shape index (κ3) is 5.62. The van der Waals surface area contributed by atoms with Crippen LogP contribution in [0.1, 0.15) is 53.6 Å². The number of thioether (sulfide) groups is 1. The van der Waals surface area contributed by atoms with Gasteiger partial charge in [-0.3, -0.25) is 9.59 Å². The molecule has 2 heterocycles. The van der Waals surface area contributed by atoms with Gasteiger partial charge in [-0.05, 0) is 25.0 Å². The zero-order valence-corrected chi connectivity index (χ0v) is 20.7. The molecule has 0 bridgehead atoms. The number of hydrogen-bond donors (Lipinski definition) is 1. The average Bonchev–Trinajstić information content (AvgIpc) is 3.45. The smallest absolute Gasteiger partial charge is 0.240 e. The van der Waals surface area contributed by atoms with E-state index in [1.165, 1.54) is 16.7 Å². The number of nitrogens with zero attached hydrogens (tertiary/aromatic N) is 3. The molecule has 1 aliphatic rings. The van der Waals surface area contributed by atoms with E-state index in [1.54, 1.807) is 13.8 Å². The molecule has 1 saturated heterocycles. The van der Waals surface area contributed by atoms with Crippen molar-refractivity contribution in [2.75, 3.05) is 12.3 Å². The maximum Gasteiger partial charge on any atom is 0.240 e. The van der Waals surface area contributed by atoms with Gasteiger partial charge in [0.15, 0.2) is 0 Å². The Morgan fingerprint density at radius 2 is 2.03 bits per heavy atom. The maximum atomic E-state index is 13.0. The lowest BCUT2D eigenvalue weighted by molar-refractivity contribution is -0.135. The zero-order chi connectivity index (χ0) is 25.0. The minimum absolute atomic E-state index is 0.113. The van der Waals surface area contributed by atoms with Crippen molar-refractivity contribution in [3.8, 4) is 0 Å². The molecule has 3 aromatic rings. The number of carbonyl (C=O) groups is 3. The van der Waals surface area contributed by atoms with E-state index < -0.39 is 17.4 Å². The first-order chi connectivity index (χ1) is 16.8. The van der Waals surface area contributed by atoms with Crippen molar-refractivity contribution >= 4 is 29.9 Å². The minimum Gasteiger partial charge on any atom is -0.425 e. The Bertz CT molecular complexity index is 1210. The Morgan fingerprint density at radius 3 is 2.74 bits per heavy atom. The minimum atomic E-state index is -1.29. The summed E-state index contributed by atoms with van der Waals surface area (Å²) in [6.45, 7) is 5.23. The van der Waals surface area contributed by atoms with Gasteiger partial charge in [-0.15, -0.1) is 22.0 Å². The quantitative estimate of drug-likeness (QED) is 0.456. The van der Waals surface area contributed by atoms with E-state index in [1.807, 2.05) is 61.5 Å². The van der Waals surface area contributed by atoms with Crippen LogP contribution in [0.25, 0.3) is 0 Å². The fourth-order valence-electron chi connectivity index (χ4n) is 4.02. The molecule has 2 amide bonds. The molecule has 1 N–H and O–H groups in total. The number of aldehydes is 1. The molecule has 2 aromatic carbocycles. The molecule has 1 aromatic heterocycles. The van der Waals surface area contributed by atoms with Crippen LogP contribution in [0.3, 0.4) is 0 Å². The number of carbonyl (C=O) groups excluding carboxylic acids is 3. The molecule has 3 atom stereocenters. The van der Waals surface area contributed by atoms with Crippen LogP contribution in [0.4, 0.5) is 0 Å². The molecule has 4 rings (SSSR count). The van der Waals surface area contributed by atoms with E-state index in [2.05, 4.69) is 15.5 Å². The highest BCUT2D eigenvalue weighted by atomic mass is 32.2. The highest BCUT2D eigenvalue weighted by Crippen LogP contribution is 2.38. The van der Waals surface area contributed by atoms with Crippen LogP contribution in [0.5, 0.6) is 0 Å². The lowest BCUT2D eigenvalue weighted by Crippen LogP contribution is -2.54. The van der Waals surface area contributed by atoms with Gasteiger partial charge in [-0.1, -0.05) is 67.1 Å². The van der Waals surface area contributed by atoms with Crippen LogP contribution >= 0.6 is 11.8 Å². The lowest BCUT2D eigenvalue weighted by atomic mass is 9.88. The second kappa shape index (κ2) is 10.4. The predicted octanol–water partition coefficient (Wildman–Crippen LogP) is 3.42. The summed E-state index contributed by atoms with van der Waals surface area (Å²) in [5.41, 5.74) is 1.84. The molecule has 0 aliphatic carbocycles. The van der Waals surface area contributed by atoms with E-state index in [0.717, 1.165) is 16.7 Å². The molecule has 35 heavy (non-hydrogen) atoms. The maximum absolute atomic E-state index is 13.0. The Morgan fingerprint density at radius 1 is 1.26 bits per heavy atom. The van der Waals surface area contributed by atoms with Crippen LogP contribution in [0.2, 0.25) is 0 Å². The predicted molar refractivity (Wildman–Crippen MR) is 133 cm³/mol. The van der Waals surface area contributed by atoms with E-state index in [-0.39, 0.29) is 23.7 Å². The van der Waals surface area contributed by atoms with Crippen molar-refractivity contribution in [1.29, 1.82) is 0 Å². The largest absolute Gasteiger partial charge is 0.425 e. The van der Waals surface area contributed by atoms with Gasteiger partial charge in [-0.2, -0.15) is 0 Å². The molecule has 8 nitrogen and oxygen atoms in total. The lowest BCUT2D eigenvalue weighted by Gasteiger charge is -2.31. The standard InChI is InChI=1S/C26H28N4O4S/c1-17-8-7-9-19(12-17)13-22-28-29-24(34-22)18(2)26(3,16-31)27-21(32)14-30-23(33)15-35-25(30)20-10-5-4-6-11-20/h4-12,16,18,25H,13-15H2,1-3H3,(H,27,32)/t18?,25?,26-/m1/s1. The molecule has 0 spiro atoms. The van der Waals surface area contributed by atoms with E-state index in [0.29, 0.717) is 24.4 Å². The van der Waals surface area contributed by atoms with Gasteiger partial charge in [0.1, 0.15) is 23.7 Å². The molecule has 182 valence electrons. The van der Waals surface area contributed by atoms with Gasteiger partial charge in [0.05, 0.1) is 18.1 Å². The Hall–Kier alpha value is -3.46. The fraction of sp³-hybridized carbons (Fsp3) is 0.346. The summed E-state index contributed by atoms with van der Waals surface area (Å²) >= 11 is 1.48. The summed E-state index contributed by atoms with van der Waals surface area (Å²) in [4.78, 5) is 39.1. The SMILES string of the molecule is Cc1cccc(Cc2nnc(C(C)[C@@](C)(C=O)NC(=O)CN3C(=O)CSC3c3ccccc3)o2)c1. The number of amides is 2. The molecule has 0 saturated carbocycles. The molecule has 2 unspecified atom stereocenters. The number of aromatic nitrogens is 2. The number of hydrogen-bond acceptors (Lipinski definition) is 7. The van der Waals surface area contributed by atoms with Gasteiger partial charge in [0.2, 0.25) is 23.6 Å². The second-order valence-electron chi connectivity index (χ2n) is 8.97. The summed E-state index contributed by atoms with van der Waals surface area (Å²) < 4.78 is 5.84. The van der Waals surface area contributed by atoms with Crippen LogP contribution in [0, 0.1) is 6.92 Å². The molecular formula is C26H28N4O4S. The number of rotatable bonds is 9. The van der Waals surface area contributed by atoms with Crippen molar-refractivity contribution in [3.63, 3.8) is 0 Å². The average molecular weight is 493 g/mol. The monoisotopic (exact) mass is 492 g/mol. The van der Waals surface area contributed by atoms with Gasteiger partial charge in [0, 0.05) is 0 Å². The van der Waals surface area contributed by atoms with E-state index in [9.17, 15) is 14.4 Å². The topological polar surface area (TPSA) is 105 Å². The van der Waals surface area contributed by atoms with Gasteiger partial charge < -0.3 is 19.4 Å². The van der Waals surface area contributed by atoms with E-state index >= 15 is 0 Å². The van der Waals surface area contributed by atoms with Crippen LogP contribution in [-0.4, -0.2) is 51.0 Å². The Balaban J connectivity index is 1.43. The van der Waals surface area contributed by atoms with Crippen molar-refractivity contribution in [2.24, 2.45) is 0 Å². The van der Waals surface area contributed by atoms with Crippen LogP contribution < -0.4 is 5.32 Å². The van der Waals surface area contributed by atoms with Gasteiger partial charge >= 0.3 is 0 Å². The third-order valence-electron chi connectivity index (χ3n) is 6.21. The first kappa shape index (κ1) is 24.7. The summed E-state index contributed by atoms with van der Waals surface area (Å²) in [7, 11) is 0. The second-order valence-corrected chi connectivity index (χ2v) is 10.0. The Labute approximate surface area is 208 Å². The molecule has 9 heteroatoms. The first-order valence-electron chi connectivity index (χ1n) is 11.4. The Kier molecular flexibility index (Phi) is 7.35. The number of benzene rings is 2. The third-order valence-corrected chi connectivity index (χ3v) is 7.47. The summed E-state index contributed by atoms with van der Waals surface area (Å²) in [5, 5.41) is 10.8. The van der Waals surface area contributed by atoms with Crippen molar-refractivity contribution in [1.82, 2.24) is 20.4 Å². The van der Waals surface area contributed by atoms with Crippen LogP contribution in [-0.2, 0) is 20.8 Å². The highest BCUT2D eigenvalue weighted by molar-refractivity contribution is 8.00. The highest BCUT2D eigenvalue weighted by Gasteiger charge is 2.39. The number of nitrogens with one attached hydrogen (secondary N) is 1. The summed E-state index contributed by atoms with van der Waals surface area (Å²) in [6.07, 6.45) is 1.15. The summed E-state index contributed by atoms with van der Waals surface area (Å²) in [5.74, 6) is -0.114. The molecule has 1 aliphatic heterocycles.